The number of anilines is 1. The fourth-order valence-corrected chi connectivity index (χ4v) is 5.33. The molecule has 2 heterocycles. The Morgan fingerprint density at radius 3 is 2.38 bits per heavy atom. The highest BCUT2D eigenvalue weighted by Gasteiger charge is 2.32. The third-order valence-electron chi connectivity index (χ3n) is 6.76. The average molecular weight is 684 g/mol. The van der Waals surface area contributed by atoms with Gasteiger partial charge in [-0.15, -0.1) is 0 Å². The summed E-state index contributed by atoms with van der Waals surface area (Å²) in [6, 6.07) is 8.02. The Bertz CT molecular complexity index is 1820. The number of nitrogens with one attached hydrogen (secondary N) is 2. The number of fused-ring (bicyclic) bond motifs is 1. The second-order valence-corrected chi connectivity index (χ2v) is 13.4. The monoisotopic (exact) mass is 683 g/mol. The number of alkyl halides is 3. The molecule has 0 aliphatic heterocycles. The lowest BCUT2D eigenvalue weighted by Gasteiger charge is -2.21. The molecule has 45 heavy (non-hydrogen) atoms. The highest BCUT2D eigenvalue weighted by atomic mass is 35.5. The quantitative estimate of drug-likeness (QED) is 0.0826. The molecule has 0 saturated carbocycles. The van der Waals surface area contributed by atoms with Crippen LogP contribution in [0, 0.1) is 23.5 Å². The van der Waals surface area contributed by atoms with Crippen LogP contribution in [0.4, 0.5) is 27.8 Å². The summed E-state index contributed by atoms with van der Waals surface area (Å²) in [7, 11) is -1.31. The van der Waals surface area contributed by atoms with E-state index in [1.165, 1.54) is 24.5 Å². The first-order valence-electron chi connectivity index (χ1n) is 13.2. The summed E-state index contributed by atoms with van der Waals surface area (Å²) < 4.78 is 84.3. The van der Waals surface area contributed by atoms with Crippen molar-refractivity contribution in [1.29, 1.82) is 0 Å². The molecule has 0 bridgehead atoms. The van der Waals surface area contributed by atoms with Crippen LogP contribution >= 0.6 is 23.5 Å². The van der Waals surface area contributed by atoms with E-state index in [1.807, 2.05) is 0 Å². The van der Waals surface area contributed by atoms with Gasteiger partial charge in [-0.3, -0.25) is 13.7 Å². The molecule has 2 N–H and O–H groups in total. The van der Waals surface area contributed by atoms with E-state index in [-0.39, 0.29) is 56.2 Å². The number of aromatic nitrogens is 3. The average Bonchev–Trinajstić information content (AvgIpc) is 3.28. The number of carbonyl (C=O) groups excluding carboxylic acids is 1. The van der Waals surface area contributed by atoms with Crippen LogP contribution in [0.2, 0.25) is 5.02 Å². The third kappa shape index (κ3) is 8.14. The normalized spacial score (nSPS) is 13.2. The lowest BCUT2D eigenvalue weighted by Crippen LogP contribution is -2.24. The van der Waals surface area contributed by atoms with Crippen LogP contribution in [0.15, 0.2) is 42.5 Å². The molecule has 2 aromatic heterocycles. The van der Waals surface area contributed by atoms with Gasteiger partial charge in [0.2, 0.25) is 6.41 Å². The van der Waals surface area contributed by atoms with Crippen LogP contribution in [0.5, 0.6) is 0 Å². The van der Waals surface area contributed by atoms with Crippen LogP contribution in [0.1, 0.15) is 36.8 Å². The van der Waals surface area contributed by atoms with E-state index < -0.39 is 45.9 Å². The van der Waals surface area contributed by atoms with E-state index in [0.717, 1.165) is 28.8 Å². The highest BCUT2D eigenvalue weighted by Crippen LogP contribution is 2.41. The first-order valence-corrected chi connectivity index (χ1v) is 16.4. The van der Waals surface area contributed by atoms with Crippen molar-refractivity contribution in [1.82, 2.24) is 20.1 Å². The largest absolute Gasteiger partial charge is 0.408 e. The fraction of sp³-hybridized carbons (Fsp3) is 0.300. The van der Waals surface area contributed by atoms with Crippen LogP contribution in [-0.4, -0.2) is 48.8 Å². The number of halogens is 6. The van der Waals surface area contributed by atoms with Crippen LogP contribution in [0.3, 0.4) is 0 Å². The Morgan fingerprint density at radius 2 is 1.78 bits per heavy atom. The van der Waals surface area contributed by atoms with Crippen LogP contribution in [0.25, 0.3) is 22.0 Å². The number of carbonyl (C=O) groups is 1. The van der Waals surface area contributed by atoms with E-state index in [1.54, 1.807) is 26.2 Å². The molecule has 7 nitrogen and oxygen atoms in total. The summed E-state index contributed by atoms with van der Waals surface area (Å²) in [4.78, 5) is 16.5. The smallest absolute Gasteiger partial charge is 0.350 e. The maximum absolute atomic E-state index is 14.1. The molecule has 0 radical (unpaired) electrons. The minimum Gasteiger partial charge on any atom is -0.350 e. The van der Waals surface area contributed by atoms with Gasteiger partial charge >= 0.3 is 6.18 Å². The van der Waals surface area contributed by atoms with Gasteiger partial charge in [-0.1, -0.05) is 35.5 Å². The van der Waals surface area contributed by atoms with Crippen molar-refractivity contribution in [2.75, 3.05) is 17.2 Å². The number of rotatable bonds is 10. The van der Waals surface area contributed by atoms with Crippen molar-refractivity contribution in [3.63, 3.8) is 0 Å². The molecule has 2 unspecified atom stereocenters. The molecular formula is C30H27ClF5N5O2S2. The fourth-order valence-electron chi connectivity index (χ4n) is 4.56. The first kappa shape index (κ1) is 34.2. The predicted molar refractivity (Wildman–Crippen MR) is 168 cm³/mol. The molecule has 238 valence electrons. The van der Waals surface area contributed by atoms with Gasteiger partial charge in [-0.2, -0.15) is 18.3 Å². The predicted octanol–water partition coefficient (Wildman–Crippen LogP) is 6.82. The zero-order valence-electron chi connectivity index (χ0n) is 24.4. The van der Waals surface area contributed by atoms with Crippen molar-refractivity contribution in [3.8, 4) is 23.0 Å². The third-order valence-corrected chi connectivity index (χ3v) is 9.01. The second-order valence-electron chi connectivity index (χ2n) is 10.4. The summed E-state index contributed by atoms with van der Waals surface area (Å²) >= 11 is 7.61. The van der Waals surface area contributed by atoms with Gasteiger partial charge in [-0.25, -0.2) is 13.8 Å². The Labute approximate surface area is 267 Å². The van der Waals surface area contributed by atoms with Crippen molar-refractivity contribution >= 4 is 57.5 Å². The zero-order valence-corrected chi connectivity index (χ0v) is 26.7. The van der Waals surface area contributed by atoms with Gasteiger partial charge in [0.15, 0.2) is 5.82 Å². The molecule has 2 atom stereocenters. The van der Waals surface area contributed by atoms with Gasteiger partial charge in [0.05, 0.1) is 27.7 Å². The molecule has 0 fully saturated rings. The summed E-state index contributed by atoms with van der Waals surface area (Å²) in [5.74, 6) is 4.25. The van der Waals surface area contributed by atoms with Gasteiger partial charge < -0.3 is 10.0 Å². The Kier molecular flexibility index (Phi) is 10.5. The number of nitrogens with zero attached hydrogens (tertiary/aromatic N) is 3. The topological polar surface area (TPSA) is 88.9 Å². The number of benzene rings is 2. The lowest BCUT2D eigenvalue weighted by molar-refractivity contribution is -0.141. The lowest BCUT2D eigenvalue weighted by atomic mass is 9.94. The van der Waals surface area contributed by atoms with Crippen molar-refractivity contribution in [3.05, 3.63) is 76.1 Å². The minimum absolute atomic E-state index is 0.0439. The standard InChI is InChI=1S/C30H27ClF5N5O2S2/c1-29(2,45(4)43)10-9-20-5-6-21(26(38-20)24(37-16-42)13-17-11-18(32)14-19(33)12-17)22-7-8-23(31)25-27(22)41(15-30(34,35)36)39-28(25)40-44-3/h5-8,11-12,14,16,24H,13,15H2,1-4H3,(H,37,42)(H,39,40). The van der Waals surface area contributed by atoms with Crippen molar-refractivity contribution in [2.45, 2.75) is 43.8 Å². The van der Waals surface area contributed by atoms with Crippen molar-refractivity contribution in [2.24, 2.45) is 0 Å². The van der Waals surface area contributed by atoms with Gasteiger partial charge in [0, 0.05) is 40.5 Å². The maximum Gasteiger partial charge on any atom is 0.408 e. The molecule has 1 amide bonds. The van der Waals surface area contributed by atoms with Gasteiger partial charge in [0.25, 0.3) is 0 Å². The Hall–Kier alpha value is -3.67. The van der Waals surface area contributed by atoms with E-state index >= 15 is 0 Å². The second kappa shape index (κ2) is 13.8. The Morgan fingerprint density at radius 1 is 1.11 bits per heavy atom. The molecule has 0 spiro atoms. The molecule has 15 heteroatoms. The summed E-state index contributed by atoms with van der Waals surface area (Å²) in [5, 5.41) is 7.14. The first-order chi connectivity index (χ1) is 21.1. The number of hydrogen-bond acceptors (Lipinski definition) is 6. The SMILES string of the molecule is CSNc1nn(CC(F)(F)F)c2c(-c3ccc(C#CC(C)(C)S(C)=O)nc3C(Cc3cc(F)cc(F)c3)NC=O)ccc(Cl)c12. The minimum atomic E-state index is -4.63. The summed E-state index contributed by atoms with van der Waals surface area (Å²) in [6.07, 6.45) is -1.19. The molecule has 4 rings (SSSR count). The van der Waals surface area contributed by atoms with E-state index in [2.05, 4.69) is 32.0 Å². The zero-order chi connectivity index (χ0) is 33.1. The van der Waals surface area contributed by atoms with Crippen molar-refractivity contribution < 1.29 is 31.0 Å². The number of amides is 1. The molecule has 0 saturated heterocycles. The van der Waals surface area contributed by atoms with Crippen LogP contribution in [-0.2, 0) is 28.6 Å². The van der Waals surface area contributed by atoms with Crippen LogP contribution < -0.4 is 10.0 Å². The maximum atomic E-state index is 14.1. The molecule has 2 aromatic carbocycles. The molecule has 0 aliphatic carbocycles. The van der Waals surface area contributed by atoms with E-state index in [9.17, 15) is 31.0 Å². The molecular weight excluding hydrogens is 657 g/mol. The van der Waals surface area contributed by atoms with E-state index in [0.29, 0.717) is 12.5 Å². The van der Waals surface area contributed by atoms with Gasteiger partial charge in [-0.05, 0) is 62.1 Å². The van der Waals surface area contributed by atoms with Gasteiger partial charge in [0.1, 0.15) is 28.6 Å². The summed E-state index contributed by atoms with van der Waals surface area (Å²) in [5.41, 5.74) is 1.12. The molecule has 0 aliphatic rings. The molecule has 4 aromatic rings. The highest BCUT2D eigenvalue weighted by molar-refractivity contribution is 7.99. The van der Waals surface area contributed by atoms with E-state index in [4.69, 9.17) is 11.6 Å². The summed E-state index contributed by atoms with van der Waals surface area (Å²) in [6.45, 7) is 1.95. The number of pyridine rings is 1. The number of hydrogen-bond donors (Lipinski definition) is 2. The Balaban J connectivity index is 2.03.